The molecule has 2 aromatic rings. The Morgan fingerprint density at radius 2 is 1.65 bits per heavy atom. The molecule has 2 nitrogen and oxygen atoms in total. The van der Waals surface area contributed by atoms with E-state index in [4.69, 9.17) is 4.74 Å². The highest BCUT2D eigenvalue weighted by molar-refractivity contribution is 7.98. The summed E-state index contributed by atoms with van der Waals surface area (Å²) in [4.78, 5) is 3.76. The quantitative estimate of drug-likeness (QED) is 0.596. The summed E-state index contributed by atoms with van der Waals surface area (Å²) in [6, 6.07) is 17.2. The zero-order chi connectivity index (χ0) is 16.7. The van der Waals surface area contributed by atoms with Gasteiger partial charge >= 0.3 is 0 Å². The number of anilines is 1. The van der Waals surface area contributed by atoms with Crippen LogP contribution in [0.4, 0.5) is 5.69 Å². The molecule has 2 aromatic carbocycles. The minimum Gasteiger partial charge on any atom is -0.497 e. The lowest BCUT2D eigenvalue weighted by Crippen LogP contribution is -2.24. The number of benzene rings is 2. The molecule has 0 aromatic heterocycles. The van der Waals surface area contributed by atoms with Crippen LogP contribution in [0.5, 0.6) is 5.75 Å². The number of nitrogens with zero attached hydrogens (tertiary/aromatic N) is 1. The van der Waals surface area contributed by atoms with Gasteiger partial charge in [0.15, 0.2) is 0 Å². The first-order valence-electron chi connectivity index (χ1n) is 8.14. The summed E-state index contributed by atoms with van der Waals surface area (Å²) in [5, 5.41) is 0. The van der Waals surface area contributed by atoms with Crippen LogP contribution in [-0.4, -0.2) is 19.9 Å². The number of thioether (sulfide) groups is 1. The van der Waals surface area contributed by atoms with E-state index in [0.717, 1.165) is 18.8 Å². The Morgan fingerprint density at radius 3 is 2.17 bits per heavy atom. The normalized spacial score (nSPS) is 10.8. The van der Waals surface area contributed by atoms with Gasteiger partial charge in [-0.1, -0.05) is 26.0 Å². The molecule has 0 atom stereocenters. The lowest BCUT2D eigenvalue weighted by Gasteiger charge is -2.26. The smallest absolute Gasteiger partial charge is 0.119 e. The lowest BCUT2D eigenvalue weighted by molar-refractivity contribution is 0.415. The summed E-state index contributed by atoms with van der Waals surface area (Å²) in [5.74, 6) is 1.61. The van der Waals surface area contributed by atoms with Crippen molar-refractivity contribution in [2.24, 2.45) is 5.92 Å². The molecule has 23 heavy (non-hydrogen) atoms. The maximum Gasteiger partial charge on any atom is 0.119 e. The number of rotatable bonds is 8. The van der Waals surface area contributed by atoms with Gasteiger partial charge in [0.1, 0.15) is 5.75 Å². The highest BCUT2D eigenvalue weighted by Crippen LogP contribution is 2.23. The third-order valence-corrected chi connectivity index (χ3v) is 4.69. The summed E-state index contributed by atoms with van der Waals surface area (Å²) >= 11 is 1.78. The highest BCUT2D eigenvalue weighted by atomic mass is 32.2. The molecule has 0 aliphatic rings. The van der Waals surface area contributed by atoms with Crippen LogP contribution in [0.25, 0.3) is 0 Å². The average molecular weight is 330 g/mol. The average Bonchev–Trinajstić information content (AvgIpc) is 2.59. The molecule has 0 saturated heterocycles. The third-order valence-electron chi connectivity index (χ3n) is 3.95. The number of methoxy groups -OCH3 is 1. The predicted octanol–water partition coefficient (Wildman–Crippen LogP) is 5.47. The topological polar surface area (TPSA) is 12.5 Å². The molecule has 0 amide bonds. The van der Waals surface area contributed by atoms with E-state index in [0.29, 0.717) is 5.92 Å². The van der Waals surface area contributed by atoms with Crippen molar-refractivity contribution in [2.45, 2.75) is 31.7 Å². The zero-order valence-corrected chi connectivity index (χ0v) is 15.4. The first-order chi connectivity index (χ1) is 11.1. The molecule has 0 N–H and O–H groups in total. The van der Waals surface area contributed by atoms with Gasteiger partial charge in [0.05, 0.1) is 7.11 Å². The van der Waals surface area contributed by atoms with E-state index in [-0.39, 0.29) is 0 Å². The van der Waals surface area contributed by atoms with Crippen molar-refractivity contribution in [3.05, 3.63) is 54.1 Å². The molecule has 0 bridgehead atoms. The Balaban J connectivity index is 2.14. The van der Waals surface area contributed by atoms with Crippen LogP contribution in [0, 0.1) is 5.92 Å². The van der Waals surface area contributed by atoms with Gasteiger partial charge in [-0.05, 0) is 60.6 Å². The van der Waals surface area contributed by atoms with Crippen molar-refractivity contribution in [3.63, 3.8) is 0 Å². The molecule has 0 unspecified atom stereocenters. The Labute approximate surface area is 144 Å². The summed E-state index contributed by atoms with van der Waals surface area (Å²) < 4.78 is 5.27. The van der Waals surface area contributed by atoms with Gasteiger partial charge in [0, 0.05) is 23.7 Å². The van der Waals surface area contributed by atoms with Crippen LogP contribution in [0.15, 0.2) is 53.4 Å². The van der Waals surface area contributed by atoms with Crippen LogP contribution in [-0.2, 0) is 6.54 Å². The van der Waals surface area contributed by atoms with Crippen molar-refractivity contribution in [1.82, 2.24) is 0 Å². The van der Waals surface area contributed by atoms with Gasteiger partial charge in [-0.3, -0.25) is 0 Å². The van der Waals surface area contributed by atoms with Gasteiger partial charge in [0.25, 0.3) is 0 Å². The first kappa shape index (κ1) is 17.7. The molecule has 0 fully saturated rings. The number of ether oxygens (including phenoxy) is 1. The van der Waals surface area contributed by atoms with Crippen molar-refractivity contribution >= 4 is 17.4 Å². The SMILES string of the molecule is COc1ccc(N(CCC(C)C)Cc2ccc(SC)cc2)cc1. The molecule has 0 heterocycles. The molecule has 0 spiro atoms. The second kappa shape index (κ2) is 8.88. The minimum absolute atomic E-state index is 0.703. The summed E-state index contributed by atoms with van der Waals surface area (Å²) in [7, 11) is 1.71. The van der Waals surface area contributed by atoms with Crippen LogP contribution in [0.3, 0.4) is 0 Å². The fraction of sp³-hybridized carbons (Fsp3) is 0.400. The van der Waals surface area contributed by atoms with Crippen molar-refractivity contribution in [3.8, 4) is 5.75 Å². The summed E-state index contributed by atoms with van der Waals surface area (Å²) in [5.41, 5.74) is 2.60. The van der Waals surface area contributed by atoms with E-state index in [1.54, 1.807) is 18.9 Å². The Morgan fingerprint density at radius 1 is 1.00 bits per heavy atom. The molecule has 0 radical (unpaired) electrons. The van der Waals surface area contributed by atoms with Crippen LogP contribution in [0.2, 0.25) is 0 Å². The summed E-state index contributed by atoms with van der Waals surface area (Å²) in [6.07, 6.45) is 3.30. The molecule has 2 rings (SSSR count). The highest BCUT2D eigenvalue weighted by Gasteiger charge is 2.09. The van der Waals surface area contributed by atoms with E-state index in [9.17, 15) is 0 Å². The molecule has 0 saturated carbocycles. The van der Waals surface area contributed by atoms with E-state index >= 15 is 0 Å². The number of hydrogen-bond acceptors (Lipinski definition) is 3. The molecule has 0 aliphatic carbocycles. The second-order valence-corrected chi connectivity index (χ2v) is 7.03. The Hall–Kier alpha value is -1.61. The molecule has 0 aliphatic heterocycles. The second-order valence-electron chi connectivity index (χ2n) is 6.15. The van der Waals surface area contributed by atoms with E-state index in [2.05, 4.69) is 61.4 Å². The van der Waals surface area contributed by atoms with E-state index < -0.39 is 0 Å². The summed E-state index contributed by atoms with van der Waals surface area (Å²) in [6.45, 7) is 6.56. The predicted molar refractivity (Wildman–Crippen MR) is 102 cm³/mol. The van der Waals surface area contributed by atoms with E-state index in [1.165, 1.54) is 22.6 Å². The zero-order valence-electron chi connectivity index (χ0n) is 14.6. The van der Waals surface area contributed by atoms with Gasteiger partial charge < -0.3 is 9.64 Å². The van der Waals surface area contributed by atoms with Crippen LogP contribution >= 0.6 is 11.8 Å². The Bertz CT molecular complexity index is 578. The first-order valence-corrected chi connectivity index (χ1v) is 9.36. The standard InChI is InChI=1S/C20H27NOS/c1-16(2)13-14-21(18-7-9-19(22-3)10-8-18)15-17-5-11-20(23-4)12-6-17/h5-12,16H,13-15H2,1-4H3. The van der Waals surface area contributed by atoms with Gasteiger partial charge in [-0.15, -0.1) is 11.8 Å². The van der Waals surface area contributed by atoms with Crippen molar-refractivity contribution in [2.75, 3.05) is 24.8 Å². The molecular formula is C20H27NOS. The molecule has 124 valence electrons. The van der Waals surface area contributed by atoms with Gasteiger partial charge in [0.2, 0.25) is 0 Å². The number of hydrogen-bond donors (Lipinski definition) is 0. The Kier molecular flexibility index (Phi) is 6.85. The maximum atomic E-state index is 5.27. The third kappa shape index (κ3) is 5.51. The van der Waals surface area contributed by atoms with Crippen LogP contribution < -0.4 is 9.64 Å². The monoisotopic (exact) mass is 329 g/mol. The minimum atomic E-state index is 0.703. The fourth-order valence-corrected chi connectivity index (χ4v) is 2.87. The van der Waals surface area contributed by atoms with E-state index in [1.807, 2.05) is 12.1 Å². The van der Waals surface area contributed by atoms with Crippen LogP contribution in [0.1, 0.15) is 25.8 Å². The van der Waals surface area contributed by atoms with Gasteiger partial charge in [-0.25, -0.2) is 0 Å². The largest absolute Gasteiger partial charge is 0.497 e. The fourth-order valence-electron chi connectivity index (χ4n) is 2.46. The maximum absolute atomic E-state index is 5.27. The lowest BCUT2D eigenvalue weighted by atomic mass is 10.1. The van der Waals surface area contributed by atoms with Crippen molar-refractivity contribution in [1.29, 1.82) is 0 Å². The molecular weight excluding hydrogens is 302 g/mol. The van der Waals surface area contributed by atoms with Gasteiger partial charge in [-0.2, -0.15) is 0 Å². The molecule has 3 heteroatoms. The van der Waals surface area contributed by atoms with Crippen molar-refractivity contribution < 1.29 is 4.74 Å².